The average Bonchev–Trinajstić information content (AvgIpc) is 1.66. The molecule has 0 saturated carbocycles. The molecule has 0 spiro atoms. The highest BCUT2D eigenvalue weighted by molar-refractivity contribution is 7.90. The lowest BCUT2D eigenvalue weighted by atomic mass is 9.94. The SMILES string of the molecule is Cc1n[nH]c(C)c1CCCOc1cc(OCCCc2cn(CCOCCOCCOCCC(=O)NC(CCCN=C(N)NS(=O)(=O)c3c(C)c(C)c4c(c3C)CC(C)(C)O4)C(=O)NCC(=O)NC(CCCCNC(=O)OC(C)(C)C)C(=O)Nc3ccc4c(C)cc(=O)oc4c3)nn2)cc(C(=O)O)c1. The number of anilines is 1. The van der Waals surface area contributed by atoms with Crippen LogP contribution >= 0.6 is 0 Å². The number of nitrogens with zero attached hydrogens (tertiary/aromatic N) is 5. The van der Waals surface area contributed by atoms with Gasteiger partial charge in [0, 0.05) is 72.7 Å². The Bertz CT molecular complexity index is 4120. The summed E-state index contributed by atoms with van der Waals surface area (Å²) in [6.07, 6.45) is 5.15. The third kappa shape index (κ3) is 25.7. The number of nitrogens with two attached hydrogens (primary N) is 1. The van der Waals surface area contributed by atoms with Crippen molar-refractivity contribution in [1.29, 1.82) is 0 Å². The van der Waals surface area contributed by atoms with Crippen LogP contribution in [0.25, 0.3) is 11.0 Å². The number of benzene rings is 3. The van der Waals surface area contributed by atoms with Crippen LogP contribution in [0, 0.1) is 41.5 Å². The summed E-state index contributed by atoms with van der Waals surface area (Å²) in [6.45, 7) is 21.8. The lowest BCUT2D eigenvalue weighted by molar-refractivity contribution is -0.131. The number of fused-ring (bicyclic) bond motifs is 2. The number of unbranched alkanes of at least 4 members (excludes halogenated alkanes) is 1. The van der Waals surface area contributed by atoms with Crippen LogP contribution in [0.5, 0.6) is 17.2 Å². The Balaban J connectivity index is 0.852. The predicted octanol–water partition coefficient (Wildman–Crippen LogP) is 6.33. The van der Waals surface area contributed by atoms with Gasteiger partial charge in [-0.2, -0.15) is 5.10 Å². The van der Waals surface area contributed by atoms with E-state index in [4.69, 9.17) is 43.3 Å². The van der Waals surface area contributed by atoms with Crippen molar-refractivity contribution in [1.82, 2.24) is 51.2 Å². The van der Waals surface area contributed by atoms with E-state index in [2.05, 4.69) is 56.8 Å². The van der Waals surface area contributed by atoms with E-state index in [0.717, 1.165) is 41.1 Å². The maximum Gasteiger partial charge on any atom is 0.407 e. The number of carboxylic acids is 1. The minimum Gasteiger partial charge on any atom is -0.493 e. The van der Waals surface area contributed by atoms with Crippen LogP contribution in [0.2, 0.25) is 0 Å². The van der Waals surface area contributed by atoms with E-state index in [-0.39, 0.29) is 93.5 Å². The number of carbonyl (C=O) groups excluding carboxylic acids is 5. The molecule has 4 heterocycles. The van der Waals surface area contributed by atoms with Gasteiger partial charge in [-0.15, -0.1) is 5.10 Å². The molecule has 7 rings (SSSR count). The van der Waals surface area contributed by atoms with E-state index in [0.29, 0.717) is 103 Å². The Hall–Kier alpha value is -9.66. The second-order valence-corrected chi connectivity index (χ2v) is 28.4. The van der Waals surface area contributed by atoms with Gasteiger partial charge in [-0.1, -0.05) is 5.21 Å². The fourth-order valence-electron chi connectivity index (χ4n) is 11.4. The summed E-state index contributed by atoms with van der Waals surface area (Å²) >= 11 is 0. The molecule has 31 nitrogen and oxygen atoms in total. The molecule has 3 aromatic heterocycles. The normalized spacial score (nSPS) is 13.3. The molecule has 0 aliphatic carbocycles. The summed E-state index contributed by atoms with van der Waals surface area (Å²) in [5, 5.41) is 39.3. The maximum absolute atomic E-state index is 13.9. The number of sulfonamides is 1. The first-order valence-corrected chi connectivity index (χ1v) is 35.9. The van der Waals surface area contributed by atoms with Crippen molar-refractivity contribution in [3.8, 4) is 17.2 Å². The van der Waals surface area contributed by atoms with Crippen molar-refractivity contribution >= 4 is 68.3 Å². The first-order valence-electron chi connectivity index (χ1n) is 34.4. The minimum absolute atomic E-state index is 0.0371. The monoisotopic (exact) mass is 1450 g/mol. The topological polar surface area (TPSA) is 422 Å². The number of alkyl carbamates (subject to hydrolysis) is 1. The number of aromatic carboxylic acids is 1. The molecule has 0 fully saturated rings. The number of hydrogen-bond acceptors (Lipinski definition) is 21. The Morgan fingerprint density at radius 2 is 1.44 bits per heavy atom. The number of hydrogen-bond donors (Lipinski definition) is 9. The van der Waals surface area contributed by atoms with Gasteiger partial charge in [0.25, 0.3) is 10.0 Å². The summed E-state index contributed by atoms with van der Waals surface area (Å²) in [7, 11) is -4.23. The van der Waals surface area contributed by atoms with Gasteiger partial charge in [0.1, 0.15) is 46.1 Å². The molecular formula is C71H99N13O18S. The summed E-state index contributed by atoms with van der Waals surface area (Å²) in [5.41, 5.74) is 12.0. The quantitative estimate of drug-likeness (QED) is 0.00876. The van der Waals surface area contributed by atoms with Crippen LogP contribution in [-0.2, 0) is 74.0 Å². The van der Waals surface area contributed by atoms with Crippen LogP contribution in [0.4, 0.5) is 10.5 Å². The number of amides is 5. The number of rotatable bonds is 41. The van der Waals surface area contributed by atoms with Crippen LogP contribution < -0.4 is 56.9 Å². The van der Waals surface area contributed by atoms with Crippen LogP contribution in [0.15, 0.2) is 67.8 Å². The average molecular weight is 1450 g/mol. The first kappa shape index (κ1) is 80.6. The number of aromatic amines is 1. The zero-order valence-electron chi connectivity index (χ0n) is 60.6. The van der Waals surface area contributed by atoms with Gasteiger partial charge >= 0.3 is 17.7 Å². The Morgan fingerprint density at radius 1 is 0.777 bits per heavy atom. The number of H-pyrrole nitrogens is 1. The fraction of sp³-hybridized carbons (Fsp3) is 0.535. The van der Waals surface area contributed by atoms with Crippen molar-refractivity contribution in [2.45, 2.75) is 182 Å². The molecule has 562 valence electrons. The summed E-state index contributed by atoms with van der Waals surface area (Å²) in [6, 6.07) is 8.39. The highest BCUT2D eigenvalue weighted by atomic mass is 32.2. The molecule has 2 unspecified atom stereocenters. The molecule has 5 amide bonds. The van der Waals surface area contributed by atoms with Gasteiger partial charge in [0.05, 0.1) is 87.8 Å². The van der Waals surface area contributed by atoms with Crippen molar-refractivity contribution in [3.63, 3.8) is 0 Å². The van der Waals surface area contributed by atoms with Crippen LogP contribution in [-0.4, -0.2) is 176 Å². The second kappa shape index (κ2) is 38.0. The number of aryl methyl sites for hydroxylation is 4. The molecule has 1 aliphatic rings. The highest BCUT2D eigenvalue weighted by Gasteiger charge is 2.37. The maximum atomic E-state index is 13.9. The number of carbonyl (C=O) groups is 6. The third-order valence-electron chi connectivity index (χ3n) is 16.6. The first-order chi connectivity index (χ1) is 48.8. The summed E-state index contributed by atoms with van der Waals surface area (Å²) in [4.78, 5) is 95.5. The minimum atomic E-state index is -4.23. The molecule has 6 aromatic rings. The van der Waals surface area contributed by atoms with E-state index >= 15 is 0 Å². The molecule has 0 radical (unpaired) electrons. The van der Waals surface area contributed by atoms with Crippen molar-refractivity contribution in [3.05, 3.63) is 115 Å². The van der Waals surface area contributed by atoms with Crippen LogP contribution in [0.3, 0.4) is 0 Å². The van der Waals surface area contributed by atoms with E-state index < -0.39 is 87.1 Å². The molecule has 3 aromatic carbocycles. The fourth-order valence-corrected chi connectivity index (χ4v) is 13.0. The number of carboxylic acid groups (broad SMARTS) is 1. The summed E-state index contributed by atoms with van der Waals surface area (Å²) in [5.74, 6) is -2.71. The number of aromatic nitrogens is 5. The van der Waals surface area contributed by atoms with Crippen molar-refractivity contribution < 1.29 is 79.9 Å². The molecule has 0 saturated heterocycles. The molecule has 10 N–H and O–H groups in total. The molecule has 0 bridgehead atoms. The van der Waals surface area contributed by atoms with Crippen molar-refractivity contribution in [2.24, 2.45) is 10.7 Å². The highest BCUT2D eigenvalue weighted by Crippen LogP contribution is 2.44. The molecule has 103 heavy (non-hydrogen) atoms. The number of aliphatic imine (C=N–C) groups is 1. The lowest BCUT2D eigenvalue weighted by Crippen LogP contribution is -2.51. The Labute approximate surface area is 599 Å². The van der Waals surface area contributed by atoms with Gasteiger partial charge in [-0.05, 0) is 186 Å². The van der Waals surface area contributed by atoms with E-state index in [1.807, 2.05) is 33.9 Å². The molecule has 2 atom stereocenters. The van der Waals surface area contributed by atoms with Gasteiger partial charge in [-0.25, -0.2) is 32.2 Å². The zero-order chi connectivity index (χ0) is 75.0. The van der Waals surface area contributed by atoms with Gasteiger partial charge in [-0.3, -0.25) is 29.3 Å². The van der Waals surface area contributed by atoms with E-state index in [1.165, 1.54) is 24.3 Å². The van der Waals surface area contributed by atoms with E-state index in [1.54, 1.807) is 71.3 Å². The molecule has 1 aliphatic heterocycles. The number of nitrogens with one attached hydrogen (secondary N) is 7. The zero-order valence-corrected chi connectivity index (χ0v) is 61.5. The third-order valence-corrected chi connectivity index (χ3v) is 18.3. The van der Waals surface area contributed by atoms with E-state index in [9.17, 15) is 47.1 Å². The predicted molar refractivity (Wildman–Crippen MR) is 382 cm³/mol. The van der Waals surface area contributed by atoms with Gasteiger partial charge in [0.15, 0.2) is 0 Å². The number of ether oxygens (including phenoxy) is 7. The largest absolute Gasteiger partial charge is 0.493 e. The second-order valence-electron chi connectivity index (χ2n) is 26.8. The molecular weight excluding hydrogens is 1350 g/mol. The molecule has 32 heteroatoms. The van der Waals surface area contributed by atoms with Crippen LogP contribution in [0.1, 0.15) is 147 Å². The van der Waals surface area contributed by atoms with Crippen molar-refractivity contribution in [2.75, 3.05) is 77.8 Å². The summed E-state index contributed by atoms with van der Waals surface area (Å²) < 4.78 is 77.5. The standard InChI is InChI=1S/C71H99N13O18S/c1-43-35-62(87)100-59-38-50(21-22-54(43)59)76-66(89)58(19-12-13-24-74-69(92)102-70(7,8)9)78-61(86)41-75-65(88)57(20-14-25-73-68(72)82-103(93,94)64-45(3)44(2)63-56(46(64)4)40-71(10,11)101-63)77-60(85)23-29-95-31-33-97-34-32-96-30-26-84-42-51(81-83-84)17-15-27-98-52-36-49(67(90)91)37-53(39-52)99-28-16-18-55-47(5)79-80-48(55)6/h21-22,35-39,42,57-58H,12-20,23-34,40-41H2,1-11H3,(H,74,92)(H,75,88)(H,76,89)(H,77,85)(H,78,86)(H,79,80)(H,90,91)(H3,72,73,82). The van der Waals surface area contributed by atoms with Gasteiger partial charge < -0.3 is 75.0 Å². The lowest BCUT2D eigenvalue weighted by Gasteiger charge is -2.21. The smallest absolute Gasteiger partial charge is 0.407 e. The van der Waals surface area contributed by atoms with Gasteiger partial charge in [0.2, 0.25) is 29.6 Å². The Kier molecular flexibility index (Phi) is 29.8. The number of guanidine groups is 1. The Morgan fingerprint density at radius 3 is 2.12 bits per heavy atom.